The minimum absolute atomic E-state index is 0. The molecule has 0 aliphatic carbocycles. The maximum Gasteiger partial charge on any atom is 0.519 e. The number of halogens is 4. The van der Waals surface area contributed by atoms with Crippen LogP contribution in [0.25, 0.3) is 0 Å². The van der Waals surface area contributed by atoms with Gasteiger partial charge in [-0.05, 0) is 123 Å². The van der Waals surface area contributed by atoms with Crippen molar-refractivity contribution in [2.75, 3.05) is 0 Å². The van der Waals surface area contributed by atoms with Gasteiger partial charge in [-0.3, -0.25) is 0 Å². The van der Waals surface area contributed by atoms with Gasteiger partial charge >= 0.3 is 12.3 Å². The van der Waals surface area contributed by atoms with Crippen molar-refractivity contribution in [2.24, 2.45) is 0 Å². The second-order valence-corrected chi connectivity index (χ2v) is 12.1. The molecule has 0 N–H and O–H groups in total. The maximum absolute atomic E-state index is 12.3. The summed E-state index contributed by atoms with van der Waals surface area (Å²) in [4.78, 5) is 24.7. The Morgan fingerprint density at radius 2 is 0.850 bits per heavy atom. The summed E-state index contributed by atoms with van der Waals surface area (Å²) in [5.41, 5.74) is 1.32. The molecular weight excluding hydrogens is 776 g/mol. The third kappa shape index (κ3) is 7.75. The molecule has 0 amide bonds. The van der Waals surface area contributed by atoms with Gasteiger partial charge in [0.25, 0.3) is 0 Å². The zero-order valence-corrected chi connectivity index (χ0v) is 26.9. The summed E-state index contributed by atoms with van der Waals surface area (Å²) in [6.07, 6.45) is -1.72. The topological polar surface area (TPSA) is 71.1 Å². The van der Waals surface area contributed by atoms with Crippen LogP contribution in [0.3, 0.4) is 0 Å². The zero-order valence-electron chi connectivity index (χ0n) is 20.5. The SMILES string of the molecule is C.CC(C)(c1cc(Br)c(OC(=O)Oc2ccccc2)c(Br)c1)c1cc(Br)c(OC(=O)Oc2ccccc2)c(Br)c1. The van der Waals surface area contributed by atoms with Crippen molar-refractivity contribution < 1.29 is 28.5 Å². The lowest BCUT2D eigenvalue weighted by Gasteiger charge is -2.28. The number of hydrogen-bond acceptors (Lipinski definition) is 6. The van der Waals surface area contributed by atoms with E-state index < -0.39 is 17.7 Å². The number of benzene rings is 4. The lowest BCUT2D eigenvalue weighted by atomic mass is 9.78. The first-order valence-corrected chi connectivity index (χ1v) is 14.6. The predicted molar refractivity (Wildman–Crippen MR) is 169 cm³/mol. The highest BCUT2D eigenvalue weighted by atomic mass is 79.9. The fraction of sp³-hybridized carbons (Fsp3) is 0.133. The maximum atomic E-state index is 12.3. The monoisotopic (exact) mass is 796 g/mol. The summed E-state index contributed by atoms with van der Waals surface area (Å²) in [7, 11) is 0. The molecule has 40 heavy (non-hydrogen) atoms. The zero-order chi connectivity index (χ0) is 28.2. The first kappa shape index (κ1) is 31.9. The van der Waals surface area contributed by atoms with E-state index in [0.717, 1.165) is 11.1 Å². The minimum atomic E-state index is -0.858. The number of ether oxygens (including phenoxy) is 4. The van der Waals surface area contributed by atoms with Gasteiger partial charge < -0.3 is 18.9 Å². The molecule has 0 saturated heterocycles. The largest absolute Gasteiger partial charge is 0.519 e. The van der Waals surface area contributed by atoms with Crippen LogP contribution in [-0.2, 0) is 5.41 Å². The van der Waals surface area contributed by atoms with Crippen molar-refractivity contribution in [3.8, 4) is 23.0 Å². The van der Waals surface area contributed by atoms with E-state index >= 15 is 0 Å². The number of hydrogen-bond donors (Lipinski definition) is 0. The number of para-hydroxylation sites is 2. The van der Waals surface area contributed by atoms with E-state index in [-0.39, 0.29) is 7.43 Å². The van der Waals surface area contributed by atoms with Gasteiger partial charge in [0.2, 0.25) is 0 Å². The van der Waals surface area contributed by atoms with Crippen LogP contribution in [0.2, 0.25) is 0 Å². The Morgan fingerprint density at radius 3 is 1.15 bits per heavy atom. The molecule has 0 unspecified atom stereocenters. The van der Waals surface area contributed by atoms with E-state index in [0.29, 0.717) is 40.9 Å². The molecule has 4 rings (SSSR count). The molecule has 0 fully saturated rings. The van der Waals surface area contributed by atoms with E-state index in [4.69, 9.17) is 18.9 Å². The summed E-state index contributed by atoms with van der Waals surface area (Å²) in [5.74, 6) is 1.34. The lowest BCUT2D eigenvalue weighted by Crippen LogP contribution is -2.20. The highest BCUT2D eigenvalue weighted by Gasteiger charge is 2.28. The van der Waals surface area contributed by atoms with Crippen LogP contribution in [0, 0.1) is 0 Å². The first-order chi connectivity index (χ1) is 18.5. The van der Waals surface area contributed by atoms with E-state index in [1.807, 2.05) is 50.2 Å². The third-order valence-electron chi connectivity index (χ3n) is 5.70. The standard InChI is InChI=1S/C29H20Br4O6.CH4/c1-29(2,17-13-21(30)25(22(31)14-17)38-27(34)36-19-9-5-3-6-10-19)18-15-23(32)26(24(33)16-18)39-28(35)37-20-11-7-4-8-12-20;/h3-16H,1-2H3;1H4. The number of rotatable bonds is 6. The fourth-order valence-electron chi connectivity index (χ4n) is 3.58. The summed E-state index contributed by atoms with van der Waals surface area (Å²) >= 11 is 14.1. The van der Waals surface area contributed by atoms with Gasteiger partial charge in [0.15, 0.2) is 11.5 Å². The van der Waals surface area contributed by atoms with Crippen LogP contribution in [0.15, 0.2) is 103 Å². The number of carbonyl (C=O) groups excluding carboxylic acids is 2. The van der Waals surface area contributed by atoms with Crippen molar-refractivity contribution >= 4 is 76.0 Å². The lowest BCUT2D eigenvalue weighted by molar-refractivity contribution is 0.150. The van der Waals surface area contributed by atoms with Crippen molar-refractivity contribution in [1.29, 1.82) is 0 Å². The molecule has 0 aliphatic rings. The molecule has 0 aromatic heterocycles. The van der Waals surface area contributed by atoms with E-state index in [2.05, 4.69) is 63.7 Å². The van der Waals surface area contributed by atoms with Crippen LogP contribution in [-0.4, -0.2) is 12.3 Å². The Bertz CT molecular complexity index is 1350. The molecule has 0 heterocycles. The molecule has 0 bridgehead atoms. The molecule has 0 radical (unpaired) electrons. The van der Waals surface area contributed by atoms with Gasteiger partial charge in [0.1, 0.15) is 11.5 Å². The Hall–Kier alpha value is -2.66. The molecular formula is C30H24Br4O6. The Kier molecular flexibility index (Phi) is 11.0. The molecule has 4 aromatic rings. The molecule has 0 aliphatic heterocycles. The summed E-state index contributed by atoms with van der Waals surface area (Å²) < 4.78 is 23.6. The minimum Gasteiger partial charge on any atom is -0.395 e. The molecule has 6 nitrogen and oxygen atoms in total. The average molecular weight is 800 g/mol. The molecule has 0 spiro atoms. The quantitative estimate of drug-likeness (QED) is 0.143. The van der Waals surface area contributed by atoms with Crippen molar-refractivity contribution in [3.63, 3.8) is 0 Å². The van der Waals surface area contributed by atoms with Crippen molar-refractivity contribution in [2.45, 2.75) is 26.7 Å². The molecule has 0 atom stereocenters. The molecule has 4 aromatic carbocycles. The Morgan fingerprint density at radius 1 is 0.550 bits per heavy atom. The highest BCUT2D eigenvalue weighted by Crippen LogP contribution is 2.44. The van der Waals surface area contributed by atoms with Crippen LogP contribution in [0.5, 0.6) is 23.0 Å². The van der Waals surface area contributed by atoms with Crippen molar-refractivity contribution in [1.82, 2.24) is 0 Å². The molecule has 10 heteroatoms. The van der Waals surface area contributed by atoms with Crippen LogP contribution < -0.4 is 18.9 Å². The van der Waals surface area contributed by atoms with Gasteiger partial charge in [-0.25, -0.2) is 9.59 Å². The molecule has 208 valence electrons. The van der Waals surface area contributed by atoms with Gasteiger partial charge in [-0.15, -0.1) is 0 Å². The predicted octanol–water partition coefficient (Wildman–Crippen LogP) is 10.9. The van der Waals surface area contributed by atoms with Gasteiger partial charge in [0.05, 0.1) is 17.9 Å². The fourth-order valence-corrected chi connectivity index (χ4v) is 6.28. The normalized spacial score (nSPS) is 10.8. The Balaban J connectivity index is 0.00000441. The average Bonchev–Trinajstić information content (AvgIpc) is 2.89. The summed E-state index contributed by atoms with van der Waals surface area (Å²) in [5, 5.41) is 0. The van der Waals surface area contributed by atoms with E-state index in [9.17, 15) is 9.59 Å². The van der Waals surface area contributed by atoms with Gasteiger partial charge in [0, 0.05) is 5.41 Å². The first-order valence-electron chi connectivity index (χ1n) is 11.4. The highest BCUT2D eigenvalue weighted by molar-refractivity contribution is 9.11. The van der Waals surface area contributed by atoms with Gasteiger partial charge in [-0.2, -0.15) is 0 Å². The van der Waals surface area contributed by atoms with E-state index in [1.54, 1.807) is 48.5 Å². The van der Waals surface area contributed by atoms with Crippen LogP contribution in [0.1, 0.15) is 32.4 Å². The Labute approximate surface area is 266 Å². The van der Waals surface area contributed by atoms with E-state index in [1.165, 1.54) is 0 Å². The van der Waals surface area contributed by atoms with Gasteiger partial charge in [-0.1, -0.05) is 57.7 Å². The second-order valence-electron chi connectivity index (χ2n) is 8.70. The van der Waals surface area contributed by atoms with Crippen LogP contribution in [0.4, 0.5) is 9.59 Å². The second kappa shape index (κ2) is 13.8. The molecule has 0 saturated carbocycles. The summed E-state index contributed by atoms with van der Waals surface area (Å²) in [6.45, 7) is 4.09. The van der Waals surface area contributed by atoms with Crippen LogP contribution >= 0.6 is 63.7 Å². The third-order valence-corrected chi connectivity index (χ3v) is 8.06. The number of carbonyl (C=O) groups is 2. The smallest absolute Gasteiger partial charge is 0.395 e. The summed E-state index contributed by atoms with van der Waals surface area (Å²) in [6, 6.07) is 24.8. The van der Waals surface area contributed by atoms with Crippen molar-refractivity contribution in [3.05, 3.63) is 114 Å².